The summed E-state index contributed by atoms with van der Waals surface area (Å²) in [7, 11) is -1.61. The van der Waals surface area contributed by atoms with Gasteiger partial charge in [0.15, 0.2) is 11.5 Å². The highest BCUT2D eigenvalue weighted by Gasteiger charge is 2.24. The van der Waals surface area contributed by atoms with E-state index in [1.807, 2.05) is 0 Å². The molecule has 0 amide bonds. The summed E-state index contributed by atoms with van der Waals surface area (Å²) in [5, 5.41) is 10.8. The van der Waals surface area contributed by atoms with Crippen LogP contribution in [0.15, 0.2) is 47.6 Å². The van der Waals surface area contributed by atoms with Gasteiger partial charge in [0, 0.05) is 12.1 Å². The highest BCUT2D eigenvalue weighted by Crippen LogP contribution is 2.33. The van der Waals surface area contributed by atoms with Crippen LogP contribution in [0.5, 0.6) is 11.5 Å². The molecular weight excluding hydrogens is 365 g/mol. The van der Waals surface area contributed by atoms with Crippen LogP contribution in [0.3, 0.4) is 0 Å². The van der Waals surface area contributed by atoms with Crippen molar-refractivity contribution in [2.24, 2.45) is 0 Å². The lowest BCUT2D eigenvalue weighted by Crippen LogP contribution is -2.16. The lowest BCUT2D eigenvalue weighted by Gasteiger charge is -2.14. The van der Waals surface area contributed by atoms with Crippen LogP contribution in [0.25, 0.3) is 5.69 Å². The third-order valence-corrected chi connectivity index (χ3v) is 4.85. The Morgan fingerprint density at radius 2 is 1.81 bits per heavy atom. The average Bonchev–Trinajstić information content (AvgIpc) is 3.15. The number of methoxy groups -OCH3 is 2. The quantitative estimate of drug-likeness (QED) is 0.693. The topological polar surface area (TPSA) is 108 Å². The number of nitrogens with one attached hydrogen (secondary N) is 1. The summed E-state index contributed by atoms with van der Waals surface area (Å²) in [4.78, 5) is -0.582. The Morgan fingerprint density at radius 3 is 2.46 bits per heavy atom. The van der Waals surface area contributed by atoms with E-state index in [2.05, 4.69) is 20.2 Å². The molecule has 26 heavy (non-hydrogen) atoms. The van der Waals surface area contributed by atoms with Gasteiger partial charge in [0.2, 0.25) is 0 Å². The van der Waals surface area contributed by atoms with E-state index >= 15 is 0 Å². The Hall–Kier alpha value is -3.21. The van der Waals surface area contributed by atoms with Gasteiger partial charge in [0.05, 0.1) is 25.6 Å². The largest absolute Gasteiger partial charge is 0.493 e. The van der Waals surface area contributed by atoms with Gasteiger partial charge in [-0.25, -0.2) is 12.8 Å². The van der Waals surface area contributed by atoms with E-state index in [1.54, 1.807) is 18.2 Å². The van der Waals surface area contributed by atoms with Crippen molar-refractivity contribution >= 4 is 15.7 Å². The highest BCUT2D eigenvalue weighted by atomic mass is 32.2. The number of tetrazole rings is 1. The Kier molecular flexibility index (Phi) is 4.71. The molecule has 1 aromatic heterocycles. The standard InChI is InChI=1S/C15H14FN5O4S/c1-24-13-7-10(16)15(8-14(13)25-2)26(22,23)18-11-5-3-4-6-12(11)21-9-17-19-20-21/h3-9,18H,1-2H3. The second-order valence-corrected chi connectivity index (χ2v) is 6.67. The number of halogens is 1. The smallest absolute Gasteiger partial charge is 0.265 e. The molecule has 0 spiro atoms. The minimum Gasteiger partial charge on any atom is -0.493 e. The van der Waals surface area contributed by atoms with Crippen molar-refractivity contribution in [3.63, 3.8) is 0 Å². The highest BCUT2D eigenvalue weighted by molar-refractivity contribution is 7.92. The molecule has 0 bridgehead atoms. The summed E-state index contributed by atoms with van der Waals surface area (Å²) in [6, 6.07) is 8.42. The maximum atomic E-state index is 14.3. The zero-order chi connectivity index (χ0) is 18.7. The van der Waals surface area contributed by atoms with E-state index in [9.17, 15) is 12.8 Å². The van der Waals surface area contributed by atoms with Gasteiger partial charge in [-0.2, -0.15) is 4.68 Å². The number of benzene rings is 2. The van der Waals surface area contributed by atoms with Crippen molar-refractivity contribution in [3.8, 4) is 17.2 Å². The van der Waals surface area contributed by atoms with E-state index in [4.69, 9.17) is 9.47 Å². The van der Waals surface area contributed by atoms with Gasteiger partial charge < -0.3 is 9.47 Å². The molecule has 0 saturated heterocycles. The first kappa shape index (κ1) is 17.6. The molecule has 3 aromatic rings. The molecule has 0 aliphatic rings. The molecule has 2 aromatic carbocycles. The minimum atomic E-state index is -4.26. The Labute approximate surface area is 148 Å². The minimum absolute atomic E-state index is 0.0815. The van der Waals surface area contributed by atoms with Crippen molar-refractivity contribution in [1.82, 2.24) is 20.2 Å². The van der Waals surface area contributed by atoms with Crippen LogP contribution in [0.1, 0.15) is 0 Å². The molecule has 0 radical (unpaired) electrons. The summed E-state index contributed by atoms with van der Waals surface area (Å²) in [5.74, 6) is -0.809. The monoisotopic (exact) mass is 379 g/mol. The third kappa shape index (κ3) is 3.28. The Balaban J connectivity index is 2.04. The third-order valence-electron chi connectivity index (χ3n) is 3.47. The molecule has 9 nitrogen and oxygen atoms in total. The fraction of sp³-hybridized carbons (Fsp3) is 0.133. The van der Waals surface area contributed by atoms with Crippen LogP contribution in [0, 0.1) is 5.82 Å². The molecule has 0 aliphatic heterocycles. The molecule has 136 valence electrons. The van der Waals surface area contributed by atoms with Crippen LogP contribution in [-0.4, -0.2) is 42.8 Å². The first-order chi connectivity index (χ1) is 12.5. The lowest BCUT2D eigenvalue weighted by atomic mass is 10.3. The summed E-state index contributed by atoms with van der Waals surface area (Å²) < 4.78 is 53.4. The van der Waals surface area contributed by atoms with Crippen molar-refractivity contribution in [2.75, 3.05) is 18.9 Å². The van der Waals surface area contributed by atoms with Gasteiger partial charge in [-0.15, -0.1) is 5.10 Å². The first-order valence-corrected chi connectivity index (χ1v) is 8.71. The van der Waals surface area contributed by atoms with Gasteiger partial charge in [-0.1, -0.05) is 12.1 Å². The maximum absolute atomic E-state index is 14.3. The van der Waals surface area contributed by atoms with Crippen LogP contribution in [0.4, 0.5) is 10.1 Å². The molecule has 0 unspecified atom stereocenters. The fourth-order valence-corrected chi connectivity index (χ4v) is 3.42. The number of anilines is 1. The predicted molar refractivity (Wildman–Crippen MR) is 89.5 cm³/mol. The van der Waals surface area contributed by atoms with Gasteiger partial charge in [-0.05, 0) is 22.6 Å². The molecule has 1 N–H and O–H groups in total. The zero-order valence-corrected chi connectivity index (χ0v) is 14.6. The van der Waals surface area contributed by atoms with Gasteiger partial charge in [-0.3, -0.25) is 4.72 Å². The van der Waals surface area contributed by atoms with Crippen molar-refractivity contribution < 1.29 is 22.3 Å². The van der Waals surface area contributed by atoms with Crippen molar-refractivity contribution in [1.29, 1.82) is 0 Å². The number of para-hydroxylation sites is 2. The van der Waals surface area contributed by atoms with Gasteiger partial charge in [0.25, 0.3) is 10.0 Å². The van der Waals surface area contributed by atoms with Gasteiger partial charge >= 0.3 is 0 Å². The molecule has 0 aliphatic carbocycles. The van der Waals surface area contributed by atoms with Gasteiger partial charge in [0.1, 0.15) is 17.0 Å². The average molecular weight is 379 g/mol. The normalized spacial score (nSPS) is 11.2. The Morgan fingerprint density at radius 1 is 1.12 bits per heavy atom. The summed E-state index contributed by atoms with van der Waals surface area (Å²) in [6.07, 6.45) is 1.31. The van der Waals surface area contributed by atoms with E-state index in [-0.39, 0.29) is 17.2 Å². The van der Waals surface area contributed by atoms with Crippen LogP contribution in [0.2, 0.25) is 0 Å². The van der Waals surface area contributed by atoms with Crippen molar-refractivity contribution in [2.45, 2.75) is 4.90 Å². The molecule has 1 heterocycles. The zero-order valence-electron chi connectivity index (χ0n) is 13.7. The van der Waals surface area contributed by atoms with Crippen LogP contribution >= 0.6 is 0 Å². The predicted octanol–water partition coefficient (Wildman–Crippen LogP) is 1.62. The Bertz CT molecular complexity index is 1020. The number of nitrogens with zero attached hydrogens (tertiary/aromatic N) is 4. The van der Waals surface area contributed by atoms with Crippen LogP contribution < -0.4 is 14.2 Å². The summed E-state index contributed by atoms with van der Waals surface area (Å²) in [5.41, 5.74) is 0.552. The molecule has 0 atom stereocenters. The van der Waals surface area contributed by atoms with E-state index < -0.39 is 20.7 Å². The second kappa shape index (κ2) is 6.96. The molecule has 0 fully saturated rings. The number of hydrogen-bond donors (Lipinski definition) is 1. The second-order valence-electron chi connectivity index (χ2n) is 5.01. The molecule has 11 heteroatoms. The SMILES string of the molecule is COc1cc(F)c(S(=O)(=O)Nc2ccccc2-n2cnnn2)cc1OC. The summed E-state index contributed by atoms with van der Waals surface area (Å²) >= 11 is 0. The summed E-state index contributed by atoms with van der Waals surface area (Å²) in [6.45, 7) is 0. The number of aromatic nitrogens is 4. The molecular formula is C15H14FN5O4S. The van der Waals surface area contributed by atoms with E-state index in [0.717, 1.165) is 12.1 Å². The number of hydrogen-bond acceptors (Lipinski definition) is 7. The number of ether oxygens (including phenoxy) is 2. The maximum Gasteiger partial charge on any atom is 0.265 e. The number of rotatable bonds is 6. The van der Waals surface area contributed by atoms with Crippen LogP contribution in [-0.2, 0) is 10.0 Å². The van der Waals surface area contributed by atoms with Crippen molar-refractivity contribution in [3.05, 3.63) is 48.5 Å². The fourth-order valence-electron chi connectivity index (χ4n) is 2.27. The van der Waals surface area contributed by atoms with E-state index in [0.29, 0.717) is 5.69 Å². The van der Waals surface area contributed by atoms with E-state index in [1.165, 1.54) is 31.3 Å². The molecule has 3 rings (SSSR count). The molecule has 0 saturated carbocycles. The first-order valence-electron chi connectivity index (χ1n) is 7.23. The number of sulfonamides is 1. The lowest BCUT2D eigenvalue weighted by molar-refractivity contribution is 0.350.